The highest BCUT2D eigenvalue weighted by atomic mass is 79.9. The first-order valence-corrected chi connectivity index (χ1v) is 8.72. The number of phenolic OH excluding ortho intramolecular Hbond substituents is 1. The zero-order valence-corrected chi connectivity index (χ0v) is 16.1. The van der Waals surface area contributed by atoms with E-state index in [0.29, 0.717) is 33.5 Å². The fourth-order valence-electron chi connectivity index (χ4n) is 2.53. The Labute approximate surface area is 160 Å². The van der Waals surface area contributed by atoms with Gasteiger partial charge in [-0.3, -0.25) is 0 Å². The number of aromatic hydroxyl groups is 1. The molecule has 0 aromatic heterocycles. The van der Waals surface area contributed by atoms with E-state index in [2.05, 4.69) is 31.9 Å². The van der Waals surface area contributed by atoms with Crippen LogP contribution in [0.15, 0.2) is 33.2 Å². The first-order valence-electron chi connectivity index (χ1n) is 7.14. The number of ether oxygens (including phenoxy) is 3. The second kappa shape index (κ2) is 7.05. The molecule has 2 aromatic carbocycles. The van der Waals surface area contributed by atoms with Crippen molar-refractivity contribution in [3.8, 4) is 11.5 Å². The van der Waals surface area contributed by atoms with E-state index in [-0.39, 0.29) is 24.3 Å². The Morgan fingerprint density at radius 3 is 2.04 bits per heavy atom. The van der Waals surface area contributed by atoms with E-state index in [1.165, 1.54) is 0 Å². The highest BCUT2D eigenvalue weighted by Crippen LogP contribution is 2.35. The zero-order valence-electron chi connectivity index (χ0n) is 13.0. The fourth-order valence-corrected chi connectivity index (χ4v) is 3.44. The molecular weight excluding hydrogens is 460 g/mol. The minimum absolute atomic E-state index is 0.0957. The smallest absolute Gasteiger partial charge is 0.339 e. The molecule has 0 amide bonds. The van der Waals surface area contributed by atoms with Crippen molar-refractivity contribution in [2.45, 2.75) is 13.2 Å². The maximum absolute atomic E-state index is 11.2. The lowest BCUT2D eigenvalue weighted by molar-refractivity contribution is 0.0525. The predicted molar refractivity (Wildman–Crippen MR) is 94.7 cm³/mol. The second-order valence-corrected chi connectivity index (χ2v) is 6.89. The average molecular weight is 472 g/mol. The lowest BCUT2D eigenvalue weighted by atomic mass is 10.1. The Balaban J connectivity index is 0.000000146. The molecule has 0 unspecified atom stereocenters. The van der Waals surface area contributed by atoms with Crippen molar-refractivity contribution in [1.82, 2.24) is 0 Å². The predicted octanol–water partition coefficient (Wildman–Crippen LogP) is 3.95. The van der Waals surface area contributed by atoms with Gasteiger partial charge < -0.3 is 19.3 Å². The maximum atomic E-state index is 11.2. The molecule has 2 aliphatic rings. The van der Waals surface area contributed by atoms with Crippen LogP contribution in [-0.4, -0.2) is 24.2 Å². The Morgan fingerprint density at radius 2 is 1.44 bits per heavy atom. The number of phenols is 1. The van der Waals surface area contributed by atoms with Gasteiger partial charge in [-0.05, 0) is 56.1 Å². The Hall–Kier alpha value is -2.06. The minimum Gasteiger partial charge on any atom is -0.506 e. The average Bonchev–Trinajstić information content (AvgIpc) is 3.16. The van der Waals surface area contributed by atoms with Gasteiger partial charge in [-0.15, -0.1) is 0 Å². The Bertz CT molecular complexity index is 878. The zero-order chi connectivity index (χ0) is 18.1. The topological polar surface area (TPSA) is 82.1 Å². The number of carbonyl (C=O) groups excluding carboxylic acids is 2. The lowest BCUT2D eigenvalue weighted by Gasteiger charge is -2.05. The van der Waals surface area contributed by atoms with Gasteiger partial charge in [0.05, 0.1) is 27.2 Å². The quantitative estimate of drug-likeness (QED) is 0.634. The second-order valence-electron chi connectivity index (χ2n) is 5.18. The molecular formula is C17H12Br2O6. The van der Waals surface area contributed by atoms with Crippen LogP contribution in [0.25, 0.3) is 0 Å². The molecule has 8 heteroatoms. The van der Waals surface area contributed by atoms with Crippen LogP contribution >= 0.6 is 31.9 Å². The van der Waals surface area contributed by atoms with Crippen molar-refractivity contribution in [3.05, 3.63) is 55.5 Å². The summed E-state index contributed by atoms with van der Waals surface area (Å²) in [6.07, 6.45) is 0. The van der Waals surface area contributed by atoms with Gasteiger partial charge in [-0.1, -0.05) is 0 Å². The first kappa shape index (κ1) is 17.8. The molecule has 0 saturated heterocycles. The summed E-state index contributed by atoms with van der Waals surface area (Å²) < 4.78 is 16.2. The monoisotopic (exact) mass is 470 g/mol. The van der Waals surface area contributed by atoms with E-state index < -0.39 is 0 Å². The normalized spacial score (nSPS) is 14.0. The summed E-state index contributed by atoms with van der Waals surface area (Å²) in [6, 6.07) is 6.77. The van der Waals surface area contributed by atoms with Gasteiger partial charge in [0.1, 0.15) is 24.7 Å². The van der Waals surface area contributed by atoms with Crippen LogP contribution in [0.3, 0.4) is 0 Å². The summed E-state index contributed by atoms with van der Waals surface area (Å²) in [5, 5.41) is 9.46. The number of hydrogen-bond donors (Lipinski definition) is 1. The molecule has 25 heavy (non-hydrogen) atoms. The standard InChI is InChI=1S/C9H7BrO3.C8H5BrO3/c1-12-8-6-4-13-9(11)5(6)2-3-7(8)10;9-6-2-1-4-5(7(6)10)3-12-8(4)11/h2-3H,4H2,1H3;1-2,10H,3H2. The third-order valence-corrected chi connectivity index (χ3v) is 5.05. The van der Waals surface area contributed by atoms with Crippen LogP contribution in [0.4, 0.5) is 0 Å². The molecule has 2 aliphatic heterocycles. The molecule has 2 heterocycles. The summed E-state index contributed by atoms with van der Waals surface area (Å²) in [5.41, 5.74) is 2.44. The van der Waals surface area contributed by atoms with Crippen molar-refractivity contribution >= 4 is 43.8 Å². The third-order valence-electron chi connectivity index (χ3n) is 3.79. The van der Waals surface area contributed by atoms with Gasteiger partial charge in [0.15, 0.2) is 0 Å². The van der Waals surface area contributed by atoms with Gasteiger partial charge >= 0.3 is 11.9 Å². The molecule has 0 atom stereocenters. The van der Waals surface area contributed by atoms with Crippen molar-refractivity contribution in [1.29, 1.82) is 0 Å². The molecule has 4 rings (SSSR count). The van der Waals surface area contributed by atoms with Crippen molar-refractivity contribution < 1.29 is 28.9 Å². The number of cyclic esters (lactones) is 2. The maximum Gasteiger partial charge on any atom is 0.339 e. The van der Waals surface area contributed by atoms with Gasteiger partial charge in [0.25, 0.3) is 0 Å². The van der Waals surface area contributed by atoms with E-state index in [1.54, 1.807) is 31.4 Å². The molecule has 0 radical (unpaired) electrons. The van der Waals surface area contributed by atoms with Crippen LogP contribution in [0.1, 0.15) is 31.8 Å². The van der Waals surface area contributed by atoms with Gasteiger partial charge in [0.2, 0.25) is 0 Å². The van der Waals surface area contributed by atoms with Crippen LogP contribution in [0.2, 0.25) is 0 Å². The van der Waals surface area contributed by atoms with Crippen LogP contribution in [-0.2, 0) is 22.7 Å². The van der Waals surface area contributed by atoms with Crippen molar-refractivity contribution in [3.63, 3.8) is 0 Å². The van der Waals surface area contributed by atoms with Crippen LogP contribution in [0, 0.1) is 0 Å². The van der Waals surface area contributed by atoms with Gasteiger partial charge in [-0.2, -0.15) is 0 Å². The van der Waals surface area contributed by atoms with Crippen LogP contribution < -0.4 is 4.74 Å². The van der Waals surface area contributed by atoms with Crippen LogP contribution in [0.5, 0.6) is 11.5 Å². The van der Waals surface area contributed by atoms with Gasteiger partial charge in [0, 0.05) is 11.1 Å². The SMILES string of the molecule is COc1c(Br)ccc2c1COC2=O.O=C1OCc2c1ccc(Br)c2O. The number of methoxy groups -OCH3 is 1. The summed E-state index contributed by atoms with van der Waals surface area (Å²) >= 11 is 6.49. The number of fused-ring (bicyclic) bond motifs is 2. The summed E-state index contributed by atoms with van der Waals surface area (Å²) in [6.45, 7) is 0.468. The number of hydrogen-bond acceptors (Lipinski definition) is 6. The number of carbonyl (C=O) groups is 2. The molecule has 0 saturated carbocycles. The first-order chi connectivity index (χ1) is 11.9. The molecule has 0 spiro atoms. The molecule has 6 nitrogen and oxygen atoms in total. The Kier molecular flexibility index (Phi) is 5.01. The highest BCUT2D eigenvalue weighted by Gasteiger charge is 2.26. The fraction of sp³-hybridized carbons (Fsp3) is 0.176. The summed E-state index contributed by atoms with van der Waals surface area (Å²) in [5.74, 6) is 0.135. The number of rotatable bonds is 1. The highest BCUT2D eigenvalue weighted by molar-refractivity contribution is 9.10. The third kappa shape index (κ3) is 3.23. The van der Waals surface area contributed by atoms with E-state index in [9.17, 15) is 14.7 Å². The van der Waals surface area contributed by atoms with E-state index in [0.717, 1.165) is 10.0 Å². The summed E-state index contributed by atoms with van der Waals surface area (Å²) in [7, 11) is 1.57. The summed E-state index contributed by atoms with van der Waals surface area (Å²) in [4.78, 5) is 22.1. The molecule has 130 valence electrons. The molecule has 0 fully saturated rings. The number of esters is 2. The van der Waals surface area contributed by atoms with E-state index >= 15 is 0 Å². The van der Waals surface area contributed by atoms with E-state index in [4.69, 9.17) is 14.2 Å². The van der Waals surface area contributed by atoms with Crippen molar-refractivity contribution in [2.75, 3.05) is 7.11 Å². The van der Waals surface area contributed by atoms with Gasteiger partial charge in [-0.25, -0.2) is 9.59 Å². The largest absolute Gasteiger partial charge is 0.506 e. The number of benzene rings is 2. The number of halogens is 2. The lowest BCUT2D eigenvalue weighted by Crippen LogP contribution is -1.95. The Morgan fingerprint density at radius 1 is 0.920 bits per heavy atom. The minimum atomic E-state index is -0.368. The van der Waals surface area contributed by atoms with Crippen molar-refractivity contribution in [2.24, 2.45) is 0 Å². The molecule has 1 N–H and O–H groups in total. The molecule has 0 aliphatic carbocycles. The molecule has 0 bridgehead atoms. The molecule has 2 aromatic rings. The van der Waals surface area contributed by atoms with E-state index in [1.807, 2.05) is 0 Å².